The first-order chi connectivity index (χ1) is 11.5. The summed E-state index contributed by atoms with van der Waals surface area (Å²) in [4.78, 5) is 12.7. The highest BCUT2D eigenvalue weighted by atomic mass is 35.5. The molecule has 0 saturated carbocycles. The summed E-state index contributed by atoms with van der Waals surface area (Å²) in [6.07, 6.45) is 0. The lowest BCUT2D eigenvalue weighted by Gasteiger charge is -2.23. The van der Waals surface area contributed by atoms with Crippen LogP contribution in [0.2, 0.25) is 5.02 Å². The molecule has 0 aliphatic rings. The van der Waals surface area contributed by atoms with E-state index in [0.717, 1.165) is 5.56 Å². The molecular weight excluding hydrogens is 326 g/mol. The van der Waals surface area contributed by atoms with E-state index >= 15 is 0 Å². The Balaban J connectivity index is 2.27. The number of rotatable bonds is 6. The number of halogens is 1. The van der Waals surface area contributed by atoms with Gasteiger partial charge in [0, 0.05) is 11.1 Å². The van der Waals surface area contributed by atoms with Crippen LogP contribution in [0, 0.1) is 5.92 Å². The zero-order valence-corrected chi connectivity index (χ0v) is 15.1. The first-order valence-electron chi connectivity index (χ1n) is 7.74. The summed E-state index contributed by atoms with van der Waals surface area (Å²) in [5, 5.41) is 3.75. The summed E-state index contributed by atoms with van der Waals surface area (Å²) in [5.74, 6) is 1.15. The minimum absolute atomic E-state index is 0.124. The van der Waals surface area contributed by atoms with Crippen molar-refractivity contribution in [2.75, 3.05) is 14.2 Å². The van der Waals surface area contributed by atoms with Crippen LogP contribution in [0.15, 0.2) is 42.5 Å². The number of hydrogen-bond donors (Lipinski definition) is 1. The quantitative estimate of drug-likeness (QED) is 0.837. The van der Waals surface area contributed by atoms with Crippen molar-refractivity contribution in [3.63, 3.8) is 0 Å². The molecule has 1 N–H and O–H groups in total. The van der Waals surface area contributed by atoms with Gasteiger partial charge in [-0.15, -0.1) is 0 Å². The highest BCUT2D eigenvalue weighted by Crippen LogP contribution is 2.27. The fourth-order valence-corrected chi connectivity index (χ4v) is 2.64. The predicted octanol–water partition coefficient (Wildman–Crippen LogP) is 4.48. The highest BCUT2D eigenvalue weighted by molar-refractivity contribution is 6.30. The van der Waals surface area contributed by atoms with E-state index in [2.05, 4.69) is 19.2 Å². The minimum Gasteiger partial charge on any atom is -0.497 e. The minimum atomic E-state index is -0.192. The topological polar surface area (TPSA) is 47.6 Å². The number of hydrogen-bond acceptors (Lipinski definition) is 3. The predicted molar refractivity (Wildman–Crippen MR) is 96.0 cm³/mol. The van der Waals surface area contributed by atoms with E-state index in [0.29, 0.717) is 22.1 Å². The van der Waals surface area contributed by atoms with Crippen LogP contribution < -0.4 is 14.8 Å². The van der Waals surface area contributed by atoms with Gasteiger partial charge in [0.25, 0.3) is 5.91 Å². The summed E-state index contributed by atoms with van der Waals surface area (Å²) in [5.41, 5.74) is 1.48. The molecule has 128 valence electrons. The zero-order valence-electron chi connectivity index (χ0n) is 14.3. The van der Waals surface area contributed by atoms with Crippen LogP contribution in [0.3, 0.4) is 0 Å². The van der Waals surface area contributed by atoms with Gasteiger partial charge in [-0.2, -0.15) is 0 Å². The van der Waals surface area contributed by atoms with Crippen molar-refractivity contribution in [1.82, 2.24) is 5.32 Å². The van der Waals surface area contributed by atoms with E-state index < -0.39 is 0 Å². The van der Waals surface area contributed by atoms with Gasteiger partial charge in [-0.25, -0.2) is 0 Å². The van der Waals surface area contributed by atoms with Gasteiger partial charge in [0.2, 0.25) is 0 Å². The van der Waals surface area contributed by atoms with Gasteiger partial charge in [0.1, 0.15) is 11.5 Å². The normalized spacial score (nSPS) is 11.9. The molecule has 0 unspecified atom stereocenters. The lowest BCUT2D eigenvalue weighted by atomic mass is 9.95. The molecule has 5 heteroatoms. The SMILES string of the molecule is COc1ccc(C(=O)N[C@@H](c2ccc(Cl)cc2)C(C)C)c(OC)c1. The Morgan fingerprint density at radius 1 is 1.04 bits per heavy atom. The van der Waals surface area contributed by atoms with Gasteiger partial charge in [0.15, 0.2) is 0 Å². The Morgan fingerprint density at radius 2 is 1.71 bits per heavy atom. The summed E-state index contributed by atoms with van der Waals surface area (Å²) in [6.45, 7) is 4.12. The number of carbonyl (C=O) groups is 1. The largest absolute Gasteiger partial charge is 0.497 e. The van der Waals surface area contributed by atoms with Crippen molar-refractivity contribution >= 4 is 17.5 Å². The van der Waals surface area contributed by atoms with Gasteiger partial charge in [0.05, 0.1) is 25.8 Å². The summed E-state index contributed by atoms with van der Waals surface area (Å²) < 4.78 is 10.5. The maximum absolute atomic E-state index is 12.7. The molecule has 24 heavy (non-hydrogen) atoms. The molecule has 4 nitrogen and oxygen atoms in total. The van der Waals surface area contributed by atoms with Crippen molar-refractivity contribution in [2.45, 2.75) is 19.9 Å². The molecule has 0 aliphatic heterocycles. The Labute approximate surface area is 147 Å². The molecule has 0 radical (unpaired) electrons. The standard InChI is InChI=1S/C19H22ClNO3/c1-12(2)18(13-5-7-14(20)8-6-13)21-19(22)16-10-9-15(23-3)11-17(16)24-4/h5-12,18H,1-4H3,(H,21,22)/t18-/m1/s1. The van der Waals surface area contributed by atoms with Crippen molar-refractivity contribution in [3.05, 3.63) is 58.6 Å². The number of amides is 1. The summed E-state index contributed by atoms with van der Waals surface area (Å²) >= 11 is 5.95. The monoisotopic (exact) mass is 347 g/mol. The molecule has 1 atom stereocenters. The van der Waals surface area contributed by atoms with E-state index in [-0.39, 0.29) is 17.9 Å². The van der Waals surface area contributed by atoms with Crippen LogP contribution in [-0.4, -0.2) is 20.1 Å². The Bertz CT molecular complexity index is 698. The number of methoxy groups -OCH3 is 2. The zero-order chi connectivity index (χ0) is 17.7. The molecule has 2 aromatic rings. The van der Waals surface area contributed by atoms with Crippen LogP contribution >= 0.6 is 11.6 Å². The second-order valence-corrected chi connectivity index (χ2v) is 6.25. The van der Waals surface area contributed by atoms with Crippen LogP contribution in [0.4, 0.5) is 0 Å². The van der Waals surface area contributed by atoms with Crippen LogP contribution in [0.25, 0.3) is 0 Å². The molecular formula is C19H22ClNO3. The third-order valence-electron chi connectivity index (χ3n) is 3.84. The van der Waals surface area contributed by atoms with Crippen LogP contribution in [0.1, 0.15) is 35.8 Å². The third kappa shape index (κ3) is 4.20. The van der Waals surface area contributed by atoms with Crippen molar-refractivity contribution < 1.29 is 14.3 Å². The van der Waals surface area contributed by atoms with Gasteiger partial charge in [-0.3, -0.25) is 4.79 Å². The number of ether oxygens (including phenoxy) is 2. The molecule has 0 fully saturated rings. The highest BCUT2D eigenvalue weighted by Gasteiger charge is 2.21. The summed E-state index contributed by atoms with van der Waals surface area (Å²) in [6, 6.07) is 12.5. The van der Waals surface area contributed by atoms with E-state index in [1.807, 2.05) is 24.3 Å². The smallest absolute Gasteiger partial charge is 0.255 e. The molecule has 1 amide bonds. The molecule has 2 aromatic carbocycles. The second kappa shape index (κ2) is 8.06. The Morgan fingerprint density at radius 3 is 2.25 bits per heavy atom. The third-order valence-corrected chi connectivity index (χ3v) is 4.09. The molecule has 0 bridgehead atoms. The molecule has 0 aromatic heterocycles. The van der Waals surface area contributed by atoms with E-state index in [9.17, 15) is 4.79 Å². The average Bonchev–Trinajstić information content (AvgIpc) is 2.59. The fourth-order valence-electron chi connectivity index (χ4n) is 2.51. The Kier molecular flexibility index (Phi) is 6.10. The lowest BCUT2D eigenvalue weighted by molar-refractivity contribution is 0.0922. The molecule has 0 saturated heterocycles. The number of carbonyl (C=O) groups excluding carboxylic acids is 1. The van der Waals surface area contributed by atoms with Crippen LogP contribution in [-0.2, 0) is 0 Å². The van der Waals surface area contributed by atoms with Gasteiger partial charge in [-0.1, -0.05) is 37.6 Å². The molecule has 0 aliphatic carbocycles. The van der Waals surface area contributed by atoms with Crippen molar-refractivity contribution in [2.24, 2.45) is 5.92 Å². The maximum atomic E-state index is 12.7. The number of benzene rings is 2. The maximum Gasteiger partial charge on any atom is 0.255 e. The van der Waals surface area contributed by atoms with Crippen LogP contribution in [0.5, 0.6) is 11.5 Å². The fraction of sp³-hybridized carbons (Fsp3) is 0.316. The first-order valence-corrected chi connectivity index (χ1v) is 8.12. The van der Waals surface area contributed by atoms with Crippen molar-refractivity contribution in [3.8, 4) is 11.5 Å². The average molecular weight is 348 g/mol. The van der Waals surface area contributed by atoms with Crippen molar-refractivity contribution in [1.29, 1.82) is 0 Å². The number of nitrogens with one attached hydrogen (secondary N) is 1. The van der Waals surface area contributed by atoms with E-state index in [1.165, 1.54) is 7.11 Å². The van der Waals surface area contributed by atoms with Gasteiger partial charge in [-0.05, 0) is 35.7 Å². The molecule has 0 spiro atoms. The van der Waals surface area contributed by atoms with E-state index in [4.69, 9.17) is 21.1 Å². The second-order valence-electron chi connectivity index (χ2n) is 5.81. The molecule has 0 heterocycles. The van der Waals surface area contributed by atoms with E-state index in [1.54, 1.807) is 25.3 Å². The first kappa shape index (κ1) is 18.1. The lowest BCUT2D eigenvalue weighted by Crippen LogP contribution is -2.32. The molecule has 2 rings (SSSR count). The van der Waals surface area contributed by atoms with Gasteiger partial charge >= 0.3 is 0 Å². The van der Waals surface area contributed by atoms with Gasteiger partial charge < -0.3 is 14.8 Å². The Hall–Kier alpha value is -2.20. The summed E-state index contributed by atoms with van der Waals surface area (Å²) in [7, 11) is 3.11.